The lowest BCUT2D eigenvalue weighted by Gasteiger charge is -2.27. The van der Waals surface area contributed by atoms with Gasteiger partial charge >= 0.3 is 0 Å². The molecule has 0 saturated heterocycles. The fourth-order valence-corrected chi connectivity index (χ4v) is 4.15. The van der Waals surface area contributed by atoms with Gasteiger partial charge < -0.3 is 5.11 Å². The van der Waals surface area contributed by atoms with Gasteiger partial charge in [-0.2, -0.15) is 5.10 Å². The van der Waals surface area contributed by atoms with E-state index in [9.17, 15) is 13.5 Å². The summed E-state index contributed by atoms with van der Waals surface area (Å²) in [5.41, 5.74) is 2.71. The molecule has 0 bridgehead atoms. The molecule has 136 valence electrons. The van der Waals surface area contributed by atoms with Crippen LogP contribution in [0.5, 0.6) is 0 Å². The molecule has 1 aliphatic rings. The van der Waals surface area contributed by atoms with Crippen molar-refractivity contribution < 1.29 is 13.5 Å². The fourth-order valence-electron chi connectivity index (χ4n) is 3.00. The number of benzene rings is 1. The van der Waals surface area contributed by atoms with Gasteiger partial charge in [0.2, 0.25) is 0 Å². The van der Waals surface area contributed by atoms with Gasteiger partial charge in [0.1, 0.15) is 15.9 Å². The van der Waals surface area contributed by atoms with Crippen LogP contribution in [-0.2, 0) is 29.5 Å². The Labute approximate surface area is 152 Å². The Hall–Kier alpha value is -1.35. The predicted octanol–water partition coefficient (Wildman–Crippen LogP) is 1.70. The third-order valence-corrected chi connectivity index (χ3v) is 5.93. The smallest absolute Gasteiger partial charge is 0.150 e. The number of hydrogen-bond acceptors (Lipinski definition) is 6. The Morgan fingerprint density at radius 3 is 2.64 bits per heavy atom. The van der Waals surface area contributed by atoms with E-state index >= 15 is 0 Å². The highest BCUT2D eigenvalue weighted by atomic mass is 32.2. The zero-order valence-electron chi connectivity index (χ0n) is 14.4. The first kappa shape index (κ1) is 18.4. The van der Waals surface area contributed by atoms with Crippen LogP contribution in [-0.4, -0.2) is 53.0 Å². The Balaban J connectivity index is 1.66. The number of rotatable bonds is 6. The van der Waals surface area contributed by atoms with Crippen molar-refractivity contribution in [1.29, 1.82) is 0 Å². The first-order chi connectivity index (χ1) is 11.8. The number of nitrogens with zero attached hydrogens (tertiary/aromatic N) is 3. The number of aromatic nitrogens is 2. The van der Waals surface area contributed by atoms with Gasteiger partial charge in [-0.1, -0.05) is 12.1 Å². The van der Waals surface area contributed by atoms with Gasteiger partial charge in [0.15, 0.2) is 0 Å². The van der Waals surface area contributed by atoms with Crippen LogP contribution in [0.25, 0.3) is 0 Å². The topological polar surface area (TPSA) is 75.4 Å². The molecule has 0 saturated carbocycles. The van der Waals surface area contributed by atoms with Crippen molar-refractivity contribution in [2.24, 2.45) is 0 Å². The minimum Gasteiger partial charge on any atom is -0.386 e. The van der Waals surface area contributed by atoms with Crippen molar-refractivity contribution in [3.05, 3.63) is 47.3 Å². The van der Waals surface area contributed by atoms with Crippen LogP contribution in [0.15, 0.2) is 35.2 Å². The van der Waals surface area contributed by atoms with Crippen LogP contribution in [0.2, 0.25) is 0 Å². The average molecular weight is 382 g/mol. The maximum Gasteiger partial charge on any atom is 0.150 e. The van der Waals surface area contributed by atoms with Crippen LogP contribution >= 0.6 is 11.8 Å². The summed E-state index contributed by atoms with van der Waals surface area (Å²) >= 11 is 1.73. The van der Waals surface area contributed by atoms with Gasteiger partial charge in [-0.15, -0.1) is 11.8 Å². The third-order valence-electron chi connectivity index (χ3n) is 4.26. The maximum atomic E-state index is 11.4. The van der Waals surface area contributed by atoms with Crippen LogP contribution < -0.4 is 0 Å². The van der Waals surface area contributed by atoms with Gasteiger partial charge in [-0.3, -0.25) is 9.58 Å². The van der Waals surface area contributed by atoms with E-state index in [1.165, 1.54) is 10.5 Å². The molecular weight excluding hydrogens is 358 g/mol. The van der Waals surface area contributed by atoms with Gasteiger partial charge in [0.05, 0.1) is 23.7 Å². The summed E-state index contributed by atoms with van der Waals surface area (Å²) in [7, 11) is -3.24. The zero-order valence-corrected chi connectivity index (χ0v) is 16.1. The molecule has 3 rings (SSSR count). The van der Waals surface area contributed by atoms with Crippen LogP contribution in [0, 0.1) is 0 Å². The largest absolute Gasteiger partial charge is 0.386 e. The van der Waals surface area contributed by atoms with E-state index in [0.29, 0.717) is 5.69 Å². The standard InChI is InChI=1S/C17H23N3O3S2/c1-24-15-5-3-13(4-6-15)10-19-7-8-20-14(11-19)9-16(18-20)17(21)12-25(2,22)23/h3-6,9,17,21H,7-8,10-12H2,1-2H3/t17-/m1/s1. The van der Waals surface area contributed by atoms with Gasteiger partial charge in [0.25, 0.3) is 0 Å². The quantitative estimate of drug-likeness (QED) is 0.768. The molecule has 0 unspecified atom stereocenters. The zero-order chi connectivity index (χ0) is 18.0. The summed E-state index contributed by atoms with van der Waals surface area (Å²) < 4.78 is 24.6. The molecule has 1 aliphatic heterocycles. The first-order valence-corrected chi connectivity index (χ1v) is 11.4. The van der Waals surface area contributed by atoms with E-state index in [0.717, 1.165) is 38.1 Å². The average Bonchev–Trinajstić information content (AvgIpc) is 2.97. The molecule has 0 aliphatic carbocycles. The Morgan fingerprint density at radius 1 is 1.28 bits per heavy atom. The lowest BCUT2D eigenvalue weighted by atomic mass is 10.2. The lowest BCUT2D eigenvalue weighted by Crippen LogP contribution is -2.33. The van der Waals surface area contributed by atoms with Crippen molar-refractivity contribution in [2.75, 3.05) is 24.8 Å². The summed E-state index contributed by atoms with van der Waals surface area (Å²) in [6, 6.07) is 10.4. The number of sulfone groups is 1. The molecule has 1 aromatic carbocycles. The van der Waals surface area contributed by atoms with Crippen LogP contribution in [0.4, 0.5) is 0 Å². The van der Waals surface area contributed by atoms with Gasteiger partial charge in [-0.25, -0.2) is 8.42 Å². The lowest BCUT2D eigenvalue weighted by molar-refractivity contribution is 0.191. The molecule has 0 radical (unpaired) electrons. The molecule has 0 amide bonds. The number of aliphatic hydroxyl groups is 1. The minimum absolute atomic E-state index is 0.297. The molecule has 6 nitrogen and oxygen atoms in total. The number of hydrogen-bond donors (Lipinski definition) is 1. The van der Waals surface area contributed by atoms with E-state index in [2.05, 4.69) is 40.5 Å². The van der Waals surface area contributed by atoms with E-state index in [1.54, 1.807) is 11.8 Å². The molecule has 2 aromatic rings. The predicted molar refractivity (Wildman–Crippen MR) is 99.2 cm³/mol. The van der Waals surface area contributed by atoms with Crippen molar-refractivity contribution in [1.82, 2.24) is 14.7 Å². The van der Waals surface area contributed by atoms with Crippen LogP contribution in [0.3, 0.4) is 0 Å². The van der Waals surface area contributed by atoms with E-state index in [-0.39, 0.29) is 5.75 Å². The number of fused-ring (bicyclic) bond motifs is 1. The van der Waals surface area contributed by atoms with Crippen molar-refractivity contribution in [3.8, 4) is 0 Å². The highest BCUT2D eigenvalue weighted by Crippen LogP contribution is 2.21. The summed E-state index contributed by atoms with van der Waals surface area (Å²) in [5, 5.41) is 14.5. The van der Waals surface area contributed by atoms with Gasteiger partial charge in [0, 0.05) is 30.8 Å². The van der Waals surface area contributed by atoms with Gasteiger partial charge in [-0.05, 0) is 30.0 Å². The van der Waals surface area contributed by atoms with E-state index < -0.39 is 15.9 Å². The number of thioether (sulfide) groups is 1. The van der Waals surface area contributed by atoms with Crippen molar-refractivity contribution in [2.45, 2.75) is 30.6 Å². The molecule has 2 heterocycles. The van der Waals surface area contributed by atoms with Crippen LogP contribution in [0.1, 0.15) is 23.1 Å². The third kappa shape index (κ3) is 4.84. The molecule has 25 heavy (non-hydrogen) atoms. The highest BCUT2D eigenvalue weighted by Gasteiger charge is 2.23. The highest BCUT2D eigenvalue weighted by molar-refractivity contribution is 7.98. The number of aliphatic hydroxyl groups excluding tert-OH is 1. The summed E-state index contributed by atoms with van der Waals surface area (Å²) in [6.07, 6.45) is 2.12. The minimum atomic E-state index is -3.24. The Morgan fingerprint density at radius 2 is 2.00 bits per heavy atom. The second-order valence-electron chi connectivity index (χ2n) is 6.45. The van der Waals surface area contributed by atoms with Crippen molar-refractivity contribution >= 4 is 21.6 Å². The Bertz CT molecular complexity index is 831. The maximum absolute atomic E-state index is 11.4. The summed E-state index contributed by atoms with van der Waals surface area (Å²) in [6.45, 7) is 3.22. The summed E-state index contributed by atoms with van der Waals surface area (Å²) in [4.78, 5) is 3.59. The molecule has 0 fully saturated rings. The second kappa shape index (κ2) is 7.49. The molecule has 1 atom stereocenters. The van der Waals surface area contributed by atoms with E-state index in [4.69, 9.17) is 0 Å². The normalized spacial score (nSPS) is 16.6. The molecule has 1 N–H and O–H groups in total. The molecule has 8 heteroatoms. The molecule has 1 aromatic heterocycles. The fraction of sp³-hybridized carbons (Fsp3) is 0.471. The summed E-state index contributed by atoms with van der Waals surface area (Å²) in [5.74, 6) is -0.297. The molecule has 0 spiro atoms. The van der Waals surface area contributed by atoms with E-state index in [1.807, 2.05) is 10.7 Å². The SMILES string of the molecule is CSc1ccc(CN2CCn3nc([C@H](O)CS(C)(=O)=O)cc3C2)cc1. The second-order valence-corrected chi connectivity index (χ2v) is 9.52. The molecular formula is C17H23N3O3S2. The Kier molecular flexibility index (Phi) is 5.52. The van der Waals surface area contributed by atoms with Crippen molar-refractivity contribution in [3.63, 3.8) is 0 Å². The first-order valence-electron chi connectivity index (χ1n) is 8.12. The monoisotopic (exact) mass is 381 g/mol.